The summed E-state index contributed by atoms with van der Waals surface area (Å²) >= 11 is 3.41. The Morgan fingerprint density at radius 2 is 1.56 bits per heavy atom. The lowest BCUT2D eigenvalue weighted by molar-refractivity contribution is -0.131. The van der Waals surface area contributed by atoms with Crippen LogP contribution in [-0.2, 0) is 19.2 Å². The van der Waals surface area contributed by atoms with E-state index in [-0.39, 0.29) is 35.8 Å². The molecule has 1 saturated carbocycles. The minimum atomic E-state index is -1.19. The van der Waals surface area contributed by atoms with Crippen molar-refractivity contribution in [3.05, 3.63) is 94.5 Å². The van der Waals surface area contributed by atoms with Gasteiger partial charge in [-0.05, 0) is 68.1 Å². The number of halogens is 1. The molecule has 7 rings (SSSR count). The maximum Gasteiger partial charge on any atom is 0.241 e. The van der Waals surface area contributed by atoms with Crippen LogP contribution in [0.25, 0.3) is 0 Å². The first-order chi connectivity index (χ1) is 20.7. The van der Waals surface area contributed by atoms with Gasteiger partial charge in [-0.25, -0.2) is 4.90 Å². The zero-order chi connectivity index (χ0) is 30.2. The zero-order valence-electron chi connectivity index (χ0n) is 23.6. The summed E-state index contributed by atoms with van der Waals surface area (Å²) in [6, 6.07) is 20.7. The van der Waals surface area contributed by atoms with Crippen molar-refractivity contribution in [1.82, 2.24) is 0 Å². The fraction of sp³-hybridized carbons (Fsp3) is 0.294. The van der Waals surface area contributed by atoms with Gasteiger partial charge < -0.3 is 9.84 Å². The topological polar surface area (TPSA) is 104 Å². The summed E-state index contributed by atoms with van der Waals surface area (Å²) in [5.41, 5.74) is 1.32. The monoisotopic (exact) mass is 640 g/mol. The highest BCUT2D eigenvalue weighted by Gasteiger charge is 2.68. The molecular weight excluding hydrogens is 612 g/mol. The van der Waals surface area contributed by atoms with Crippen LogP contribution >= 0.6 is 15.9 Å². The fourth-order valence-electron chi connectivity index (χ4n) is 7.97. The van der Waals surface area contributed by atoms with Crippen LogP contribution in [0.2, 0.25) is 0 Å². The number of hydrogen-bond acceptors (Lipinski definition) is 6. The van der Waals surface area contributed by atoms with Gasteiger partial charge in [0.05, 0.1) is 41.7 Å². The lowest BCUT2D eigenvalue weighted by Gasteiger charge is -2.49. The Morgan fingerprint density at radius 3 is 2.26 bits per heavy atom. The molecule has 6 atom stereocenters. The number of anilines is 2. The number of para-hydroxylation sites is 1. The smallest absolute Gasteiger partial charge is 0.241 e. The van der Waals surface area contributed by atoms with Crippen molar-refractivity contribution >= 4 is 50.9 Å². The number of benzene rings is 3. The number of ether oxygens (including phenoxy) is 1. The van der Waals surface area contributed by atoms with E-state index in [0.29, 0.717) is 29.1 Å². The molecule has 4 aliphatic rings. The molecule has 0 bridgehead atoms. The van der Waals surface area contributed by atoms with Gasteiger partial charge in [0.15, 0.2) is 0 Å². The number of fused-ring (bicyclic) bond motifs is 4. The van der Waals surface area contributed by atoms with Crippen molar-refractivity contribution in [2.24, 2.45) is 29.1 Å². The van der Waals surface area contributed by atoms with Gasteiger partial charge in [-0.3, -0.25) is 24.1 Å². The molecule has 9 heteroatoms. The number of imide groups is 2. The number of aromatic hydroxyl groups is 1. The fourth-order valence-corrected chi connectivity index (χ4v) is 8.23. The van der Waals surface area contributed by atoms with Crippen molar-refractivity contribution in [2.45, 2.75) is 25.7 Å². The largest absolute Gasteiger partial charge is 0.508 e. The highest BCUT2D eigenvalue weighted by Crippen LogP contribution is 2.64. The number of methoxy groups -OCH3 is 1. The van der Waals surface area contributed by atoms with E-state index in [2.05, 4.69) is 15.9 Å². The third-order valence-electron chi connectivity index (χ3n) is 9.90. The molecule has 6 unspecified atom stereocenters. The SMILES string of the molecule is COc1cc(O)ccc1C1C2=CCC3C(=O)N(c4ccc(Br)cc4)C(=O)C3C2CC2C(=O)N(c3ccccc3)C(=O)C21C. The minimum absolute atomic E-state index is 0.00814. The molecule has 2 saturated heterocycles. The van der Waals surface area contributed by atoms with Gasteiger partial charge >= 0.3 is 0 Å². The molecule has 8 nitrogen and oxygen atoms in total. The van der Waals surface area contributed by atoms with Crippen molar-refractivity contribution in [3.63, 3.8) is 0 Å². The zero-order valence-corrected chi connectivity index (χ0v) is 25.2. The first-order valence-electron chi connectivity index (χ1n) is 14.3. The quantitative estimate of drug-likeness (QED) is 0.294. The van der Waals surface area contributed by atoms with Crippen LogP contribution < -0.4 is 14.5 Å². The average molecular weight is 642 g/mol. The van der Waals surface area contributed by atoms with Gasteiger partial charge in [-0.15, -0.1) is 0 Å². The van der Waals surface area contributed by atoms with Gasteiger partial charge in [-0.1, -0.05) is 51.8 Å². The number of rotatable bonds is 4. The van der Waals surface area contributed by atoms with E-state index < -0.39 is 35.0 Å². The summed E-state index contributed by atoms with van der Waals surface area (Å²) in [5.74, 6) is -3.81. The van der Waals surface area contributed by atoms with Crippen LogP contribution in [0.3, 0.4) is 0 Å². The Bertz CT molecular complexity index is 1720. The first kappa shape index (κ1) is 27.6. The Labute approximate surface area is 257 Å². The second kappa shape index (κ2) is 9.91. The molecule has 218 valence electrons. The number of phenolic OH excluding ortho intramolecular Hbond substituents is 1. The molecule has 3 aromatic carbocycles. The van der Waals surface area contributed by atoms with Gasteiger partial charge in [0, 0.05) is 22.0 Å². The number of allylic oxidation sites excluding steroid dienone is 2. The van der Waals surface area contributed by atoms with E-state index in [1.807, 2.05) is 19.1 Å². The van der Waals surface area contributed by atoms with Crippen LogP contribution in [-0.4, -0.2) is 35.8 Å². The van der Waals surface area contributed by atoms with Crippen molar-refractivity contribution in [3.8, 4) is 11.5 Å². The Morgan fingerprint density at radius 1 is 0.860 bits per heavy atom. The summed E-state index contributed by atoms with van der Waals surface area (Å²) in [7, 11) is 1.50. The molecule has 1 N–H and O–H groups in total. The molecule has 3 aromatic rings. The maximum atomic E-state index is 14.5. The summed E-state index contributed by atoms with van der Waals surface area (Å²) in [6.45, 7) is 1.83. The van der Waals surface area contributed by atoms with Gasteiger partial charge in [-0.2, -0.15) is 0 Å². The number of phenols is 1. The average Bonchev–Trinajstić information content (AvgIpc) is 3.38. The molecule has 2 heterocycles. The molecule has 4 amide bonds. The summed E-state index contributed by atoms with van der Waals surface area (Å²) in [6.07, 6.45) is 2.61. The van der Waals surface area contributed by atoms with E-state index in [1.54, 1.807) is 60.7 Å². The Hall–Kier alpha value is -4.24. The predicted octanol–water partition coefficient (Wildman–Crippen LogP) is 5.60. The first-order valence-corrected chi connectivity index (χ1v) is 15.1. The van der Waals surface area contributed by atoms with Crippen LogP contribution in [0.5, 0.6) is 11.5 Å². The number of nitrogens with zero attached hydrogens (tertiary/aromatic N) is 2. The van der Waals surface area contributed by atoms with Crippen LogP contribution in [0, 0.1) is 29.1 Å². The molecule has 43 heavy (non-hydrogen) atoms. The van der Waals surface area contributed by atoms with E-state index in [1.165, 1.54) is 23.0 Å². The molecule has 0 aromatic heterocycles. The Balaban J connectivity index is 1.39. The van der Waals surface area contributed by atoms with Gasteiger partial charge in [0.1, 0.15) is 11.5 Å². The third-order valence-corrected chi connectivity index (χ3v) is 10.4. The summed E-state index contributed by atoms with van der Waals surface area (Å²) in [5, 5.41) is 10.3. The van der Waals surface area contributed by atoms with Crippen LogP contribution in [0.4, 0.5) is 11.4 Å². The molecular formula is C34H29BrN2O6. The lowest BCUT2D eigenvalue weighted by atomic mass is 9.51. The van der Waals surface area contributed by atoms with Gasteiger partial charge in [0.25, 0.3) is 0 Å². The van der Waals surface area contributed by atoms with E-state index >= 15 is 0 Å². The third kappa shape index (κ3) is 3.87. The number of hydrogen-bond donors (Lipinski definition) is 1. The molecule has 0 radical (unpaired) electrons. The number of amides is 4. The summed E-state index contributed by atoms with van der Waals surface area (Å²) < 4.78 is 6.54. The van der Waals surface area contributed by atoms with E-state index in [4.69, 9.17) is 4.74 Å². The number of carbonyl (C=O) groups excluding carboxylic acids is 4. The maximum absolute atomic E-state index is 14.5. The lowest BCUT2D eigenvalue weighted by Crippen LogP contribution is -2.49. The van der Waals surface area contributed by atoms with Crippen LogP contribution in [0.15, 0.2) is 88.9 Å². The highest BCUT2D eigenvalue weighted by molar-refractivity contribution is 9.10. The van der Waals surface area contributed by atoms with Crippen molar-refractivity contribution in [2.75, 3.05) is 16.9 Å². The van der Waals surface area contributed by atoms with Crippen molar-refractivity contribution in [1.29, 1.82) is 0 Å². The second-order valence-electron chi connectivity index (χ2n) is 11.9. The predicted molar refractivity (Wildman–Crippen MR) is 162 cm³/mol. The Kier molecular flexibility index (Phi) is 6.36. The highest BCUT2D eigenvalue weighted by atomic mass is 79.9. The normalized spacial score (nSPS) is 29.7. The molecule has 2 aliphatic heterocycles. The van der Waals surface area contributed by atoms with E-state index in [0.717, 1.165) is 10.0 Å². The second-order valence-corrected chi connectivity index (χ2v) is 12.8. The standard InChI is InChI=1S/C34H29BrN2O6/c1-34-26(31(40)37(33(34)42)19-6-4-3-5-7-19)17-25-22(29(34)23-13-12-21(38)16-27(23)43-2)14-15-24-28(25)32(41)36(30(24)39)20-10-8-18(35)9-11-20/h3-14,16,24-26,28-29,38H,15,17H2,1-2H3. The van der Waals surface area contributed by atoms with E-state index in [9.17, 15) is 24.3 Å². The molecule has 2 aliphatic carbocycles. The minimum Gasteiger partial charge on any atom is -0.508 e. The summed E-state index contributed by atoms with van der Waals surface area (Å²) in [4.78, 5) is 59.1. The van der Waals surface area contributed by atoms with Crippen LogP contribution in [0.1, 0.15) is 31.2 Å². The van der Waals surface area contributed by atoms with Gasteiger partial charge in [0.2, 0.25) is 23.6 Å². The molecule has 3 fully saturated rings. The molecule has 0 spiro atoms. The number of carbonyl (C=O) groups is 4. The van der Waals surface area contributed by atoms with Crippen molar-refractivity contribution < 1.29 is 29.0 Å².